The van der Waals surface area contributed by atoms with E-state index in [1.165, 1.54) is 5.56 Å². The largest absolute Gasteiger partial charge is 0.376 e. The highest BCUT2D eigenvalue weighted by Crippen LogP contribution is 2.09. The molecule has 2 aromatic rings. The molecule has 0 spiro atoms. The van der Waals surface area contributed by atoms with Crippen molar-refractivity contribution in [2.24, 2.45) is 0 Å². The quantitative estimate of drug-likeness (QED) is 0.826. The third-order valence-corrected chi connectivity index (χ3v) is 3.22. The van der Waals surface area contributed by atoms with E-state index in [4.69, 9.17) is 6.42 Å². The maximum Gasteiger partial charge on any atom is 0.239 e. The van der Waals surface area contributed by atoms with Gasteiger partial charge >= 0.3 is 0 Å². The van der Waals surface area contributed by atoms with Crippen molar-refractivity contribution < 1.29 is 4.79 Å². The maximum absolute atomic E-state index is 11.8. The molecule has 21 heavy (non-hydrogen) atoms. The van der Waals surface area contributed by atoms with Crippen molar-refractivity contribution in [3.05, 3.63) is 65.2 Å². The first-order valence-electron chi connectivity index (χ1n) is 6.81. The Morgan fingerprint density at radius 1 is 1.19 bits per heavy atom. The molecule has 0 aliphatic rings. The van der Waals surface area contributed by atoms with Gasteiger partial charge in [-0.25, -0.2) is 0 Å². The summed E-state index contributed by atoms with van der Waals surface area (Å²) in [7, 11) is 0. The summed E-state index contributed by atoms with van der Waals surface area (Å²) in [6.07, 6.45) is 5.34. The van der Waals surface area contributed by atoms with Gasteiger partial charge in [-0.05, 0) is 36.2 Å². The summed E-state index contributed by atoms with van der Waals surface area (Å²) in [6, 6.07) is 15.4. The minimum Gasteiger partial charge on any atom is -0.376 e. The van der Waals surface area contributed by atoms with E-state index >= 15 is 0 Å². The standard InChI is InChI=1S/C18H18N2O/c1-3-15-8-6-10-17(11-15)19-13-18(21)20-12-16-9-5-4-7-14(16)2/h1,4-11,19H,12-13H2,2H3,(H,20,21). The molecule has 0 atom stereocenters. The molecule has 0 aromatic heterocycles. The van der Waals surface area contributed by atoms with Crippen molar-refractivity contribution in [2.75, 3.05) is 11.9 Å². The van der Waals surface area contributed by atoms with Crippen LogP contribution >= 0.6 is 0 Å². The van der Waals surface area contributed by atoms with Gasteiger partial charge in [-0.1, -0.05) is 36.3 Å². The molecule has 0 saturated carbocycles. The van der Waals surface area contributed by atoms with Crippen LogP contribution in [0.4, 0.5) is 5.69 Å². The van der Waals surface area contributed by atoms with Gasteiger partial charge in [0, 0.05) is 17.8 Å². The molecule has 2 rings (SSSR count). The minimum absolute atomic E-state index is 0.0515. The van der Waals surface area contributed by atoms with Crippen molar-refractivity contribution in [1.29, 1.82) is 0 Å². The van der Waals surface area contributed by atoms with Crippen molar-refractivity contribution in [1.82, 2.24) is 5.32 Å². The first-order chi connectivity index (χ1) is 10.2. The summed E-state index contributed by atoms with van der Waals surface area (Å²) in [5, 5.41) is 5.96. The summed E-state index contributed by atoms with van der Waals surface area (Å²) >= 11 is 0. The number of terminal acetylenes is 1. The van der Waals surface area contributed by atoms with Crippen molar-refractivity contribution in [2.45, 2.75) is 13.5 Å². The average Bonchev–Trinajstić information content (AvgIpc) is 2.52. The summed E-state index contributed by atoms with van der Waals surface area (Å²) in [5.74, 6) is 2.52. The third-order valence-electron chi connectivity index (χ3n) is 3.22. The number of hydrogen-bond acceptors (Lipinski definition) is 2. The molecule has 2 aromatic carbocycles. The van der Waals surface area contributed by atoms with Gasteiger partial charge < -0.3 is 10.6 Å². The monoisotopic (exact) mass is 278 g/mol. The van der Waals surface area contributed by atoms with E-state index < -0.39 is 0 Å². The van der Waals surface area contributed by atoms with Crippen molar-refractivity contribution in [3.8, 4) is 12.3 Å². The van der Waals surface area contributed by atoms with Crippen LogP contribution in [0.25, 0.3) is 0 Å². The molecule has 0 bridgehead atoms. The fourth-order valence-electron chi connectivity index (χ4n) is 1.97. The highest BCUT2D eigenvalue weighted by Gasteiger charge is 2.03. The number of hydrogen-bond donors (Lipinski definition) is 2. The van der Waals surface area contributed by atoms with Gasteiger partial charge in [-0.2, -0.15) is 0 Å². The second-order valence-corrected chi connectivity index (χ2v) is 4.78. The van der Waals surface area contributed by atoms with Gasteiger partial charge in [0.05, 0.1) is 6.54 Å². The van der Waals surface area contributed by atoms with Crippen LogP contribution < -0.4 is 10.6 Å². The molecule has 106 valence electrons. The lowest BCUT2D eigenvalue weighted by atomic mass is 10.1. The number of carbonyl (C=O) groups is 1. The molecule has 3 heteroatoms. The van der Waals surface area contributed by atoms with Crippen LogP contribution in [0.3, 0.4) is 0 Å². The Morgan fingerprint density at radius 2 is 2.00 bits per heavy atom. The lowest BCUT2D eigenvalue weighted by Gasteiger charge is -2.09. The molecule has 0 aliphatic heterocycles. The van der Waals surface area contributed by atoms with Gasteiger partial charge in [0.15, 0.2) is 0 Å². The van der Waals surface area contributed by atoms with E-state index in [9.17, 15) is 4.79 Å². The number of anilines is 1. The predicted octanol–water partition coefficient (Wildman–Crippen LogP) is 2.70. The van der Waals surface area contributed by atoms with Gasteiger partial charge in [0.25, 0.3) is 0 Å². The Morgan fingerprint density at radius 3 is 2.76 bits per heavy atom. The number of carbonyl (C=O) groups excluding carboxylic acids is 1. The summed E-state index contributed by atoms with van der Waals surface area (Å²) in [5.41, 5.74) is 3.93. The minimum atomic E-state index is -0.0515. The molecule has 0 aliphatic carbocycles. The molecule has 0 saturated heterocycles. The van der Waals surface area contributed by atoms with Crippen LogP contribution in [0, 0.1) is 19.3 Å². The zero-order valence-electron chi connectivity index (χ0n) is 12.0. The fourth-order valence-corrected chi connectivity index (χ4v) is 1.97. The molecular formula is C18H18N2O. The van der Waals surface area contributed by atoms with E-state index in [1.807, 2.05) is 55.5 Å². The highest BCUT2D eigenvalue weighted by atomic mass is 16.1. The number of rotatable bonds is 5. The van der Waals surface area contributed by atoms with Gasteiger partial charge in [-0.15, -0.1) is 6.42 Å². The Labute approximate surface area is 125 Å². The average molecular weight is 278 g/mol. The molecule has 2 N–H and O–H groups in total. The predicted molar refractivity (Wildman–Crippen MR) is 85.9 cm³/mol. The van der Waals surface area contributed by atoms with Gasteiger partial charge in [-0.3, -0.25) is 4.79 Å². The molecule has 0 fully saturated rings. The van der Waals surface area contributed by atoms with Gasteiger partial charge in [0.2, 0.25) is 5.91 Å². The summed E-state index contributed by atoms with van der Waals surface area (Å²) < 4.78 is 0. The Balaban J connectivity index is 1.82. The second kappa shape index (κ2) is 7.16. The second-order valence-electron chi connectivity index (χ2n) is 4.78. The number of aryl methyl sites for hydroxylation is 1. The Hall–Kier alpha value is -2.73. The van der Waals surface area contributed by atoms with Crippen LogP contribution in [-0.2, 0) is 11.3 Å². The zero-order chi connectivity index (χ0) is 15.1. The maximum atomic E-state index is 11.8. The molecule has 3 nitrogen and oxygen atoms in total. The smallest absolute Gasteiger partial charge is 0.239 e. The fraction of sp³-hybridized carbons (Fsp3) is 0.167. The van der Waals surface area contributed by atoms with E-state index in [1.54, 1.807) is 0 Å². The lowest BCUT2D eigenvalue weighted by molar-refractivity contribution is -0.119. The normalized spacial score (nSPS) is 9.71. The van der Waals surface area contributed by atoms with E-state index in [2.05, 4.69) is 16.6 Å². The zero-order valence-corrected chi connectivity index (χ0v) is 12.0. The lowest BCUT2D eigenvalue weighted by Crippen LogP contribution is -2.29. The molecule has 0 heterocycles. The van der Waals surface area contributed by atoms with E-state index in [0.29, 0.717) is 6.54 Å². The Bertz CT molecular complexity index is 671. The molecule has 0 radical (unpaired) electrons. The summed E-state index contributed by atoms with van der Waals surface area (Å²) in [6.45, 7) is 2.79. The topological polar surface area (TPSA) is 41.1 Å². The number of amides is 1. The molecule has 1 amide bonds. The SMILES string of the molecule is C#Cc1cccc(NCC(=O)NCc2ccccc2C)c1. The molecular weight excluding hydrogens is 260 g/mol. The molecule has 0 unspecified atom stereocenters. The summed E-state index contributed by atoms with van der Waals surface area (Å²) in [4.78, 5) is 11.8. The Kier molecular flexibility index (Phi) is 5.00. The van der Waals surface area contributed by atoms with Crippen LogP contribution in [0.1, 0.15) is 16.7 Å². The van der Waals surface area contributed by atoms with Crippen LogP contribution in [0.15, 0.2) is 48.5 Å². The first-order valence-corrected chi connectivity index (χ1v) is 6.81. The highest BCUT2D eigenvalue weighted by molar-refractivity contribution is 5.80. The first kappa shape index (κ1) is 14.7. The van der Waals surface area contributed by atoms with Crippen molar-refractivity contribution >= 4 is 11.6 Å². The van der Waals surface area contributed by atoms with Crippen LogP contribution in [0.2, 0.25) is 0 Å². The van der Waals surface area contributed by atoms with E-state index in [0.717, 1.165) is 16.8 Å². The van der Waals surface area contributed by atoms with E-state index in [-0.39, 0.29) is 12.5 Å². The third kappa shape index (κ3) is 4.39. The van der Waals surface area contributed by atoms with Gasteiger partial charge in [0.1, 0.15) is 0 Å². The van der Waals surface area contributed by atoms with Crippen LogP contribution in [-0.4, -0.2) is 12.5 Å². The number of benzene rings is 2. The van der Waals surface area contributed by atoms with Crippen LogP contribution in [0.5, 0.6) is 0 Å². The number of nitrogens with one attached hydrogen (secondary N) is 2. The van der Waals surface area contributed by atoms with Crippen molar-refractivity contribution in [3.63, 3.8) is 0 Å².